The lowest BCUT2D eigenvalue weighted by Gasteiger charge is -2.24. The summed E-state index contributed by atoms with van der Waals surface area (Å²) in [7, 11) is 0. The number of fused-ring (bicyclic) bond motifs is 1. The molecule has 0 bridgehead atoms. The highest BCUT2D eigenvalue weighted by atomic mass is 32.1. The largest absolute Gasteiger partial charge is 0.302 e. The van der Waals surface area contributed by atoms with Gasteiger partial charge < -0.3 is 4.90 Å². The molecule has 0 saturated heterocycles. The summed E-state index contributed by atoms with van der Waals surface area (Å²) in [5, 5.41) is 2.82. The van der Waals surface area contributed by atoms with Gasteiger partial charge in [-0.3, -0.25) is 9.69 Å². The van der Waals surface area contributed by atoms with Gasteiger partial charge in [0, 0.05) is 18.0 Å². The monoisotopic (exact) mass is 387 g/mol. The normalized spacial score (nSPS) is 11.4. The van der Waals surface area contributed by atoms with Crippen LogP contribution in [0.2, 0.25) is 0 Å². The minimum absolute atomic E-state index is 0.121. The number of hydrogen-bond acceptors (Lipinski definition) is 5. The Bertz CT molecular complexity index is 853. The third kappa shape index (κ3) is 4.50. The molecule has 0 saturated carbocycles. The van der Waals surface area contributed by atoms with E-state index in [1.54, 1.807) is 22.7 Å². The summed E-state index contributed by atoms with van der Waals surface area (Å²) < 4.78 is 1.14. The summed E-state index contributed by atoms with van der Waals surface area (Å²) in [4.78, 5) is 23.1. The van der Waals surface area contributed by atoms with Crippen molar-refractivity contribution >= 4 is 43.9 Å². The predicted octanol–water partition coefficient (Wildman–Crippen LogP) is 4.58. The number of benzene rings is 1. The van der Waals surface area contributed by atoms with Crippen LogP contribution >= 0.6 is 22.7 Å². The van der Waals surface area contributed by atoms with E-state index in [9.17, 15) is 4.79 Å². The van der Waals surface area contributed by atoms with Gasteiger partial charge in [0.05, 0.1) is 16.6 Å². The summed E-state index contributed by atoms with van der Waals surface area (Å²) in [6, 6.07) is 10.3. The lowest BCUT2D eigenvalue weighted by molar-refractivity contribution is -0.118. The van der Waals surface area contributed by atoms with Crippen molar-refractivity contribution in [3.05, 3.63) is 46.2 Å². The first-order valence-corrected chi connectivity index (χ1v) is 10.7. The molecule has 2 heterocycles. The second-order valence-corrected chi connectivity index (χ2v) is 8.34. The lowest BCUT2D eigenvalue weighted by Crippen LogP contribution is -2.39. The highest BCUT2D eigenvalue weighted by molar-refractivity contribution is 7.22. The van der Waals surface area contributed by atoms with Gasteiger partial charge in [0.1, 0.15) is 0 Å². The number of rotatable bonds is 8. The molecule has 6 heteroatoms. The number of nitrogens with zero attached hydrogens (tertiary/aromatic N) is 3. The lowest BCUT2D eigenvalue weighted by atomic mass is 10.2. The van der Waals surface area contributed by atoms with Gasteiger partial charge >= 0.3 is 0 Å². The first-order valence-electron chi connectivity index (χ1n) is 9.03. The summed E-state index contributed by atoms with van der Waals surface area (Å²) in [5.41, 5.74) is 2.18. The molecule has 2 aromatic heterocycles. The van der Waals surface area contributed by atoms with Gasteiger partial charge in [0.2, 0.25) is 5.91 Å². The third-order valence-corrected chi connectivity index (χ3v) is 6.42. The van der Waals surface area contributed by atoms with Gasteiger partial charge in [-0.2, -0.15) is 0 Å². The van der Waals surface area contributed by atoms with Crippen LogP contribution in [0.1, 0.15) is 24.3 Å². The topological polar surface area (TPSA) is 36.4 Å². The number of carbonyl (C=O) groups is 1. The van der Waals surface area contributed by atoms with Crippen LogP contribution in [-0.4, -0.2) is 42.0 Å². The van der Waals surface area contributed by atoms with E-state index in [1.807, 2.05) is 28.5 Å². The molecule has 26 heavy (non-hydrogen) atoms. The number of aryl methyl sites for hydroxylation is 1. The third-order valence-electron chi connectivity index (χ3n) is 4.50. The van der Waals surface area contributed by atoms with Gasteiger partial charge in [-0.1, -0.05) is 37.3 Å². The molecule has 138 valence electrons. The zero-order valence-corrected chi connectivity index (χ0v) is 17.2. The van der Waals surface area contributed by atoms with Crippen molar-refractivity contribution in [1.82, 2.24) is 9.88 Å². The molecule has 0 N–H and O–H groups in total. The molecule has 0 aliphatic carbocycles. The smallest absolute Gasteiger partial charge is 0.234 e. The molecule has 0 unspecified atom stereocenters. The van der Waals surface area contributed by atoms with Crippen LogP contribution in [0, 0.1) is 6.92 Å². The number of carbonyl (C=O) groups excluding carboxylic acids is 1. The van der Waals surface area contributed by atoms with Crippen LogP contribution in [0.15, 0.2) is 35.7 Å². The Morgan fingerprint density at radius 2 is 1.96 bits per heavy atom. The molecule has 0 spiro atoms. The molecule has 4 nitrogen and oxygen atoms in total. The molecule has 1 amide bonds. The van der Waals surface area contributed by atoms with E-state index >= 15 is 0 Å². The first kappa shape index (κ1) is 19.0. The van der Waals surface area contributed by atoms with Gasteiger partial charge in [0.25, 0.3) is 0 Å². The van der Waals surface area contributed by atoms with Crippen molar-refractivity contribution < 1.29 is 4.79 Å². The van der Waals surface area contributed by atoms with E-state index in [4.69, 9.17) is 4.98 Å². The Morgan fingerprint density at radius 3 is 2.65 bits per heavy atom. The van der Waals surface area contributed by atoms with E-state index in [2.05, 4.69) is 37.8 Å². The Morgan fingerprint density at radius 1 is 1.15 bits per heavy atom. The van der Waals surface area contributed by atoms with Gasteiger partial charge in [-0.15, -0.1) is 11.3 Å². The Balaban J connectivity index is 1.85. The van der Waals surface area contributed by atoms with E-state index < -0.39 is 0 Å². The van der Waals surface area contributed by atoms with Crippen molar-refractivity contribution in [1.29, 1.82) is 0 Å². The molecule has 0 atom stereocenters. The zero-order valence-electron chi connectivity index (χ0n) is 15.6. The van der Waals surface area contributed by atoms with Crippen molar-refractivity contribution in [2.75, 3.05) is 31.1 Å². The maximum absolute atomic E-state index is 13.0. The molecule has 0 fully saturated rings. The summed E-state index contributed by atoms with van der Waals surface area (Å²) >= 11 is 3.24. The van der Waals surface area contributed by atoms with Gasteiger partial charge in [-0.05, 0) is 49.2 Å². The Labute approximate surface area is 163 Å². The molecular formula is C20H25N3OS2. The van der Waals surface area contributed by atoms with Crippen LogP contribution in [0.3, 0.4) is 0 Å². The predicted molar refractivity (Wildman–Crippen MR) is 113 cm³/mol. The molecule has 0 radical (unpaired) electrons. The first-order chi connectivity index (χ1) is 12.6. The van der Waals surface area contributed by atoms with Crippen molar-refractivity contribution in [2.24, 2.45) is 0 Å². The average Bonchev–Trinajstić information content (AvgIpc) is 3.27. The quantitative estimate of drug-likeness (QED) is 0.567. The zero-order chi connectivity index (χ0) is 18.5. The van der Waals surface area contributed by atoms with Crippen molar-refractivity contribution in [3.63, 3.8) is 0 Å². The van der Waals surface area contributed by atoms with E-state index in [1.165, 1.54) is 5.56 Å². The Kier molecular flexibility index (Phi) is 6.40. The van der Waals surface area contributed by atoms with Crippen LogP contribution < -0.4 is 4.90 Å². The Hall–Kier alpha value is -1.76. The fourth-order valence-corrected chi connectivity index (χ4v) is 4.70. The maximum atomic E-state index is 13.0. The SMILES string of the molecule is CCN(CC)CCN(C(=O)Cc1cccs1)c1nc2ccc(C)cc2s1. The minimum Gasteiger partial charge on any atom is -0.302 e. The number of aromatic nitrogens is 1. The fraction of sp³-hybridized carbons (Fsp3) is 0.400. The standard InChI is InChI=1S/C20H25N3OS2/c1-4-22(5-2)10-11-23(19(24)14-16-7-6-12-25-16)20-21-17-9-8-15(3)13-18(17)26-20/h6-9,12-13H,4-5,10-11,14H2,1-3H3. The highest BCUT2D eigenvalue weighted by Crippen LogP contribution is 2.30. The number of thiazole rings is 1. The second-order valence-electron chi connectivity index (χ2n) is 6.30. The van der Waals surface area contributed by atoms with Crippen LogP contribution in [0.5, 0.6) is 0 Å². The molecule has 3 aromatic rings. The number of anilines is 1. The minimum atomic E-state index is 0.121. The van der Waals surface area contributed by atoms with Crippen LogP contribution in [-0.2, 0) is 11.2 Å². The van der Waals surface area contributed by atoms with E-state index in [-0.39, 0.29) is 5.91 Å². The van der Waals surface area contributed by atoms with E-state index in [0.717, 1.165) is 39.9 Å². The molecular weight excluding hydrogens is 362 g/mol. The molecule has 0 aliphatic heterocycles. The fourth-order valence-electron chi connectivity index (χ4n) is 2.90. The van der Waals surface area contributed by atoms with Crippen LogP contribution in [0.4, 0.5) is 5.13 Å². The van der Waals surface area contributed by atoms with Crippen LogP contribution in [0.25, 0.3) is 10.2 Å². The number of amides is 1. The number of thiophene rings is 1. The summed E-state index contributed by atoms with van der Waals surface area (Å²) in [5.74, 6) is 0.121. The maximum Gasteiger partial charge on any atom is 0.234 e. The van der Waals surface area contributed by atoms with Crippen molar-refractivity contribution in [3.8, 4) is 0 Å². The van der Waals surface area contributed by atoms with Gasteiger partial charge in [0.15, 0.2) is 5.13 Å². The highest BCUT2D eigenvalue weighted by Gasteiger charge is 2.21. The summed E-state index contributed by atoms with van der Waals surface area (Å²) in [6.07, 6.45) is 0.435. The second kappa shape index (κ2) is 8.75. The molecule has 1 aromatic carbocycles. The summed E-state index contributed by atoms with van der Waals surface area (Å²) in [6.45, 7) is 9.90. The average molecular weight is 388 g/mol. The number of hydrogen-bond donors (Lipinski definition) is 0. The van der Waals surface area contributed by atoms with Crippen molar-refractivity contribution in [2.45, 2.75) is 27.2 Å². The van der Waals surface area contributed by atoms with Gasteiger partial charge in [-0.25, -0.2) is 4.98 Å². The number of likely N-dealkylation sites (N-methyl/N-ethyl adjacent to an activating group) is 1. The molecule has 0 aliphatic rings. The molecule has 3 rings (SSSR count). The van der Waals surface area contributed by atoms with E-state index in [0.29, 0.717) is 13.0 Å².